The molecule has 0 spiro atoms. The summed E-state index contributed by atoms with van der Waals surface area (Å²) >= 11 is 7.31. The van der Waals surface area contributed by atoms with Gasteiger partial charge in [-0.25, -0.2) is 14.5 Å². The average Bonchev–Trinajstić information content (AvgIpc) is 3.32. The second kappa shape index (κ2) is 8.99. The van der Waals surface area contributed by atoms with Crippen LogP contribution in [0.4, 0.5) is 0 Å². The van der Waals surface area contributed by atoms with Gasteiger partial charge in [0, 0.05) is 18.1 Å². The Morgan fingerprint density at radius 2 is 2.11 bits per heavy atom. The number of hydrogen-bond acceptors (Lipinski definition) is 6. The Labute approximate surface area is 171 Å². The molecular formula is C19H19ClN4O3S. The number of pyridine rings is 1. The summed E-state index contributed by atoms with van der Waals surface area (Å²) in [4.78, 5) is 31.4. The first-order chi connectivity index (χ1) is 13.5. The van der Waals surface area contributed by atoms with Crippen molar-refractivity contribution in [1.29, 1.82) is 0 Å². The van der Waals surface area contributed by atoms with E-state index in [0.29, 0.717) is 34.4 Å². The van der Waals surface area contributed by atoms with Crippen LogP contribution in [0.2, 0.25) is 4.34 Å². The first-order valence-electron chi connectivity index (χ1n) is 8.63. The van der Waals surface area contributed by atoms with Crippen LogP contribution in [-0.2, 0) is 22.5 Å². The normalized spacial score (nSPS) is 10.7. The maximum Gasteiger partial charge on any atom is 0.342 e. The van der Waals surface area contributed by atoms with Crippen LogP contribution in [-0.4, -0.2) is 45.2 Å². The number of ether oxygens (including phenoxy) is 1. The molecule has 1 amide bonds. The highest BCUT2D eigenvalue weighted by Crippen LogP contribution is 2.22. The smallest absolute Gasteiger partial charge is 0.342 e. The lowest BCUT2D eigenvalue weighted by atomic mass is 10.2. The SMILES string of the molecule is CCc1c(C(=O)OCC(=O)N(C)Cc2ccc(Cl)s2)cnn1-c1ccccn1. The van der Waals surface area contributed by atoms with Crippen molar-refractivity contribution in [2.24, 2.45) is 0 Å². The minimum absolute atomic E-state index is 0.298. The van der Waals surface area contributed by atoms with Crippen LogP contribution < -0.4 is 0 Å². The van der Waals surface area contributed by atoms with Crippen LogP contribution in [0.15, 0.2) is 42.7 Å². The number of carbonyl (C=O) groups is 2. The summed E-state index contributed by atoms with van der Waals surface area (Å²) < 4.78 is 7.49. The lowest BCUT2D eigenvalue weighted by Crippen LogP contribution is -2.30. The third-order valence-corrected chi connectivity index (χ3v) is 5.28. The van der Waals surface area contributed by atoms with Gasteiger partial charge in [0.25, 0.3) is 5.91 Å². The van der Waals surface area contributed by atoms with Crippen molar-refractivity contribution in [3.05, 3.63) is 63.2 Å². The van der Waals surface area contributed by atoms with E-state index in [1.54, 1.807) is 36.1 Å². The third-order valence-electron chi connectivity index (χ3n) is 4.06. The van der Waals surface area contributed by atoms with E-state index in [2.05, 4.69) is 10.1 Å². The standard InChI is InChI=1S/C19H19ClN4O3S/c1-3-15-14(10-22-24(15)17-6-4-5-9-21-17)19(26)27-12-18(25)23(2)11-13-7-8-16(20)28-13/h4-10H,3,11-12H2,1-2H3. The Morgan fingerprint density at radius 1 is 1.29 bits per heavy atom. The van der Waals surface area contributed by atoms with Crippen LogP contribution in [0, 0.1) is 0 Å². The van der Waals surface area contributed by atoms with E-state index in [9.17, 15) is 9.59 Å². The quantitative estimate of drug-likeness (QED) is 0.550. The Morgan fingerprint density at radius 3 is 2.75 bits per heavy atom. The summed E-state index contributed by atoms with van der Waals surface area (Å²) in [5.41, 5.74) is 1.01. The van der Waals surface area contributed by atoms with Crippen LogP contribution in [0.25, 0.3) is 5.82 Å². The second-order valence-corrected chi connectivity index (χ2v) is 7.79. The minimum atomic E-state index is -0.583. The first kappa shape index (κ1) is 20.0. The molecule has 7 nitrogen and oxygen atoms in total. The molecule has 0 N–H and O–H groups in total. The van der Waals surface area contributed by atoms with Gasteiger partial charge in [0.2, 0.25) is 0 Å². The number of amides is 1. The molecule has 3 aromatic rings. The Bertz CT molecular complexity index is 971. The number of aromatic nitrogens is 3. The van der Waals surface area contributed by atoms with Crippen LogP contribution in [0.5, 0.6) is 0 Å². The number of halogens is 1. The highest BCUT2D eigenvalue weighted by Gasteiger charge is 2.20. The number of nitrogens with zero attached hydrogens (tertiary/aromatic N) is 4. The van der Waals surface area contributed by atoms with Gasteiger partial charge in [0.1, 0.15) is 5.56 Å². The van der Waals surface area contributed by atoms with Crippen molar-refractivity contribution in [2.75, 3.05) is 13.7 Å². The van der Waals surface area contributed by atoms with Gasteiger partial charge in [-0.05, 0) is 30.7 Å². The molecular weight excluding hydrogens is 400 g/mol. The molecule has 0 radical (unpaired) electrons. The monoisotopic (exact) mass is 418 g/mol. The highest BCUT2D eigenvalue weighted by atomic mass is 35.5. The predicted molar refractivity (Wildman–Crippen MR) is 107 cm³/mol. The van der Waals surface area contributed by atoms with Crippen molar-refractivity contribution in [3.63, 3.8) is 0 Å². The lowest BCUT2D eigenvalue weighted by molar-refractivity contribution is -0.133. The summed E-state index contributed by atoms with van der Waals surface area (Å²) in [6.07, 6.45) is 3.66. The topological polar surface area (TPSA) is 77.3 Å². The number of esters is 1. The van der Waals surface area contributed by atoms with E-state index >= 15 is 0 Å². The van der Waals surface area contributed by atoms with Crippen molar-refractivity contribution < 1.29 is 14.3 Å². The van der Waals surface area contributed by atoms with Crippen molar-refractivity contribution >= 4 is 34.8 Å². The van der Waals surface area contributed by atoms with Crippen molar-refractivity contribution in [2.45, 2.75) is 19.9 Å². The van der Waals surface area contributed by atoms with E-state index in [1.807, 2.05) is 19.1 Å². The Hall–Kier alpha value is -2.71. The molecule has 0 unspecified atom stereocenters. The number of rotatable bonds is 7. The summed E-state index contributed by atoms with van der Waals surface area (Å²) in [5, 5.41) is 4.25. The van der Waals surface area contributed by atoms with Crippen LogP contribution >= 0.6 is 22.9 Å². The third kappa shape index (κ3) is 4.58. The van der Waals surface area contributed by atoms with Crippen LogP contribution in [0.3, 0.4) is 0 Å². The zero-order valence-electron chi connectivity index (χ0n) is 15.5. The summed E-state index contributed by atoms with van der Waals surface area (Å²) in [7, 11) is 1.65. The molecule has 3 aromatic heterocycles. The zero-order chi connectivity index (χ0) is 20.1. The first-order valence-corrected chi connectivity index (χ1v) is 9.82. The van der Waals surface area contributed by atoms with Gasteiger partial charge in [-0.2, -0.15) is 5.10 Å². The van der Waals surface area contributed by atoms with E-state index in [0.717, 1.165) is 4.88 Å². The van der Waals surface area contributed by atoms with E-state index in [-0.39, 0.29) is 12.5 Å². The van der Waals surface area contributed by atoms with Crippen LogP contribution in [0.1, 0.15) is 27.9 Å². The van der Waals surface area contributed by atoms with E-state index in [4.69, 9.17) is 16.3 Å². The maximum atomic E-state index is 12.5. The second-order valence-electron chi connectivity index (χ2n) is 5.99. The summed E-state index contributed by atoms with van der Waals surface area (Å²) in [6.45, 7) is 1.98. The highest BCUT2D eigenvalue weighted by molar-refractivity contribution is 7.16. The molecule has 9 heteroatoms. The molecule has 3 heterocycles. The molecule has 0 aliphatic heterocycles. The van der Waals surface area contributed by atoms with Gasteiger partial charge in [-0.3, -0.25) is 4.79 Å². The van der Waals surface area contributed by atoms with Gasteiger partial charge in [-0.15, -0.1) is 11.3 Å². The van der Waals surface area contributed by atoms with Gasteiger partial charge in [0.05, 0.1) is 22.8 Å². The molecule has 0 saturated heterocycles. The fourth-order valence-corrected chi connectivity index (χ4v) is 3.78. The zero-order valence-corrected chi connectivity index (χ0v) is 17.0. The van der Waals surface area contributed by atoms with E-state index < -0.39 is 5.97 Å². The van der Waals surface area contributed by atoms with Crippen molar-refractivity contribution in [3.8, 4) is 5.82 Å². The Balaban J connectivity index is 1.63. The molecule has 0 aliphatic rings. The van der Waals surface area contributed by atoms with Gasteiger partial charge in [0.15, 0.2) is 12.4 Å². The fraction of sp³-hybridized carbons (Fsp3) is 0.263. The summed E-state index contributed by atoms with van der Waals surface area (Å²) in [6, 6.07) is 9.10. The number of thiophene rings is 1. The van der Waals surface area contributed by atoms with Gasteiger partial charge in [-0.1, -0.05) is 24.6 Å². The predicted octanol–water partition coefficient (Wildman–Crippen LogP) is 3.36. The largest absolute Gasteiger partial charge is 0.452 e. The molecule has 0 atom stereocenters. The minimum Gasteiger partial charge on any atom is -0.452 e. The molecule has 0 aliphatic carbocycles. The molecule has 0 fully saturated rings. The number of likely N-dealkylation sites (N-methyl/N-ethyl adjacent to an activating group) is 1. The van der Waals surface area contributed by atoms with Gasteiger partial charge < -0.3 is 9.64 Å². The Kier molecular flexibility index (Phi) is 6.43. The molecule has 0 aromatic carbocycles. The number of carbonyl (C=O) groups excluding carboxylic acids is 2. The molecule has 3 rings (SSSR count). The average molecular weight is 419 g/mol. The summed E-state index contributed by atoms with van der Waals surface area (Å²) in [5.74, 6) is -0.267. The fourth-order valence-electron chi connectivity index (χ4n) is 2.63. The number of hydrogen-bond donors (Lipinski definition) is 0. The van der Waals surface area contributed by atoms with E-state index in [1.165, 1.54) is 22.4 Å². The lowest BCUT2D eigenvalue weighted by Gasteiger charge is -2.16. The maximum absolute atomic E-state index is 12.5. The molecule has 0 bridgehead atoms. The van der Waals surface area contributed by atoms with Crippen molar-refractivity contribution in [1.82, 2.24) is 19.7 Å². The van der Waals surface area contributed by atoms with Gasteiger partial charge >= 0.3 is 5.97 Å². The molecule has 28 heavy (non-hydrogen) atoms. The molecule has 146 valence electrons. The molecule has 0 saturated carbocycles.